The third-order valence-corrected chi connectivity index (χ3v) is 6.18. The third kappa shape index (κ3) is 4.61. The summed E-state index contributed by atoms with van der Waals surface area (Å²) in [6, 6.07) is 15.9. The summed E-state index contributed by atoms with van der Waals surface area (Å²) in [5.74, 6) is -0.492. The van der Waals surface area contributed by atoms with Crippen LogP contribution in [0.1, 0.15) is 21.6 Å². The van der Waals surface area contributed by atoms with Crippen LogP contribution < -0.4 is 10.3 Å². The van der Waals surface area contributed by atoms with E-state index in [0.717, 1.165) is 16.9 Å². The fourth-order valence-electron chi connectivity index (χ4n) is 4.41. The van der Waals surface area contributed by atoms with Crippen LogP contribution in [-0.2, 0) is 20.0 Å². The van der Waals surface area contributed by atoms with Crippen molar-refractivity contribution in [3.63, 3.8) is 0 Å². The second-order valence-corrected chi connectivity index (χ2v) is 8.44. The number of ether oxygens (including phenoxy) is 1. The van der Waals surface area contributed by atoms with E-state index in [1.807, 2.05) is 24.4 Å². The van der Waals surface area contributed by atoms with E-state index in [-0.39, 0.29) is 17.2 Å². The van der Waals surface area contributed by atoms with Gasteiger partial charge in [0.1, 0.15) is 5.75 Å². The molecule has 36 heavy (non-hydrogen) atoms. The average Bonchev–Trinajstić information content (AvgIpc) is 3.40. The van der Waals surface area contributed by atoms with Gasteiger partial charge in [-0.15, -0.1) is 13.2 Å². The number of halogens is 3. The Kier molecular flexibility index (Phi) is 5.87. The number of rotatable bonds is 4. The Balaban J connectivity index is 1.39. The first-order chi connectivity index (χ1) is 17.2. The van der Waals surface area contributed by atoms with Gasteiger partial charge >= 0.3 is 6.36 Å². The molecule has 0 saturated heterocycles. The van der Waals surface area contributed by atoms with Gasteiger partial charge in [-0.1, -0.05) is 12.1 Å². The van der Waals surface area contributed by atoms with Gasteiger partial charge in [-0.2, -0.15) is 5.10 Å². The van der Waals surface area contributed by atoms with Gasteiger partial charge in [-0.3, -0.25) is 9.59 Å². The first-order valence-corrected chi connectivity index (χ1v) is 11.2. The molecule has 7 nitrogen and oxygen atoms in total. The van der Waals surface area contributed by atoms with Crippen LogP contribution in [0.2, 0.25) is 0 Å². The highest BCUT2D eigenvalue weighted by Gasteiger charge is 2.31. The summed E-state index contributed by atoms with van der Waals surface area (Å²) in [7, 11) is 1.66. The van der Waals surface area contributed by atoms with Gasteiger partial charge in [0.25, 0.3) is 11.5 Å². The van der Waals surface area contributed by atoms with E-state index in [2.05, 4.69) is 9.84 Å². The van der Waals surface area contributed by atoms with E-state index < -0.39 is 6.36 Å². The quantitative estimate of drug-likeness (QED) is 0.424. The molecule has 1 amide bonds. The van der Waals surface area contributed by atoms with Crippen molar-refractivity contribution in [3.8, 4) is 22.6 Å². The van der Waals surface area contributed by atoms with Gasteiger partial charge in [-0.25, -0.2) is 4.68 Å². The molecule has 0 bridgehead atoms. The third-order valence-electron chi connectivity index (χ3n) is 6.18. The van der Waals surface area contributed by atoms with Crippen LogP contribution in [0.4, 0.5) is 13.2 Å². The number of aromatic nitrogens is 3. The Morgan fingerprint density at radius 3 is 2.42 bits per heavy atom. The molecule has 0 atom stereocenters. The Morgan fingerprint density at radius 2 is 1.78 bits per heavy atom. The molecule has 2 aromatic heterocycles. The van der Waals surface area contributed by atoms with Crippen molar-refractivity contribution < 1.29 is 22.7 Å². The Morgan fingerprint density at radius 1 is 1.06 bits per heavy atom. The minimum absolute atomic E-state index is 0.128. The number of hydrogen-bond donors (Lipinski definition) is 0. The molecule has 2 aromatic carbocycles. The Hall–Kier alpha value is -4.34. The molecule has 1 aliphatic heterocycles. The molecular formula is C26H21F3N4O3. The summed E-state index contributed by atoms with van der Waals surface area (Å²) in [6.07, 6.45) is -0.788. The lowest BCUT2D eigenvalue weighted by atomic mass is 9.98. The van der Waals surface area contributed by atoms with E-state index in [0.29, 0.717) is 36.2 Å². The summed E-state index contributed by atoms with van der Waals surface area (Å²) < 4.78 is 44.6. The molecule has 10 heteroatoms. The number of benzene rings is 2. The maximum absolute atomic E-state index is 13.2. The van der Waals surface area contributed by atoms with Crippen molar-refractivity contribution >= 4 is 5.91 Å². The van der Waals surface area contributed by atoms with Crippen molar-refractivity contribution in [2.45, 2.75) is 19.3 Å². The standard InChI is InChI=1S/C26H21F3N4O3/c1-31-23-11-14-32(24(34)18-3-7-20(8-4-18)33-13-2-12-30-33)16-19(23)15-22(25(31)35)17-5-9-21(10-6-17)36-26(27,28)29/h2-10,12-13,15H,11,14,16H2,1H3. The van der Waals surface area contributed by atoms with E-state index in [4.69, 9.17) is 0 Å². The molecule has 4 aromatic rings. The molecule has 0 aliphatic carbocycles. The number of amides is 1. The molecule has 0 unspecified atom stereocenters. The number of hydrogen-bond acceptors (Lipinski definition) is 4. The lowest BCUT2D eigenvalue weighted by Crippen LogP contribution is -2.39. The summed E-state index contributed by atoms with van der Waals surface area (Å²) in [6.45, 7) is 0.772. The van der Waals surface area contributed by atoms with Crippen LogP contribution in [0.15, 0.2) is 77.9 Å². The van der Waals surface area contributed by atoms with Crippen LogP contribution in [0.25, 0.3) is 16.8 Å². The molecule has 0 N–H and O–H groups in total. The number of pyridine rings is 1. The van der Waals surface area contributed by atoms with E-state index in [1.165, 1.54) is 24.3 Å². The maximum Gasteiger partial charge on any atom is 0.573 e. The van der Waals surface area contributed by atoms with Crippen LogP contribution in [0.5, 0.6) is 5.75 Å². The Labute approximate surface area is 204 Å². The van der Waals surface area contributed by atoms with Gasteiger partial charge in [0.15, 0.2) is 0 Å². The molecule has 1 aliphatic rings. The number of nitrogens with zero attached hydrogens (tertiary/aromatic N) is 4. The summed E-state index contributed by atoms with van der Waals surface area (Å²) in [4.78, 5) is 27.9. The molecule has 3 heterocycles. The lowest BCUT2D eigenvalue weighted by molar-refractivity contribution is -0.274. The molecule has 0 saturated carbocycles. The maximum atomic E-state index is 13.2. The minimum atomic E-state index is -4.79. The van der Waals surface area contributed by atoms with Crippen LogP contribution in [-0.4, -0.2) is 38.1 Å². The molecule has 184 valence electrons. The SMILES string of the molecule is Cn1c2c(cc(-c3ccc(OC(F)(F)F)cc3)c1=O)CN(C(=O)c1ccc(-n3cccn3)cc1)CC2. The monoisotopic (exact) mass is 494 g/mol. The van der Waals surface area contributed by atoms with Gasteiger partial charge in [0, 0.05) is 55.8 Å². The highest BCUT2D eigenvalue weighted by Crippen LogP contribution is 2.28. The predicted molar refractivity (Wildman–Crippen MR) is 126 cm³/mol. The molecule has 0 fully saturated rings. The largest absolute Gasteiger partial charge is 0.573 e. The van der Waals surface area contributed by atoms with Crippen molar-refractivity contribution in [1.29, 1.82) is 0 Å². The molecule has 0 radical (unpaired) electrons. The van der Waals surface area contributed by atoms with Gasteiger partial charge in [0.05, 0.1) is 5.69 Å². The predicted octanol–water partition coefficient (Wildman–Crippen LogP) is 4.34. The Bertz CT molecular complexity index is 1460. The van der Waals surface area contributed by atoms with E-state index >= 15 is 0 Å². The number of alkyl halides is 3. The van der Waals surface area contributed by atoms with E-state index in [1.54, 1.807) is 45.6 Å². The smallest absolute Gasteiger partial charge is 0.406 e. The van der Waals surface area contributed by atoms with Gasteiger partial charge < -0.3 is 14.2 Å². The summed E-state index contributed by atoms with van der Waals surface area (Å²) in [5.41, 5.74) is 3.58. The average molecular weight is 494 g/mol. The zero-order valence-electron chi connectivity index (χ0n) is 19.2. The van der Waals surface area contributed by atoms with Crippen LogP contribution in [0.3, 0.4) is 0 Å². The zero-order valence-corrected chi connectivity index (χ0v) is 19.2. The topological polar surface area (TPSA) is 69.4 Å². The van der Waals surface area contributed by atoms with Crippen molar-refractivity contribution in [1.82, 2.24) is 19.2 Å². The van der Waals surface area contributed by atoms with Crippen molar-refractivity contribution in [2.75, 3.05) is 6.54 Å². The van der Waals surface area contributed by atoms with Crippen molar-refractivity contribution in [2.24, 2.45) is 7.05 Å². The fraction of sp³-hybridized carbons (Fsp3) is 0.192. The number of fused-ring (bicyclic) bond motifs is 1. The van der Waals surface area contributed by atoms with Gasteiger partial charge in [0.2, 0.25) is 0 Å². The highest BCUT2D eigenvalue weighted by molar-refractivity contribution is 5.94. The normalized spacial score (nSPS) is 13.4. The molecule has 0 spiro atoms. The van der Waals surface area contributed by atoms with Crippen LogP contribution >= 0.6 is 0 Å². The van der Waals surface area contributed by atoms with E-state index in [9.17, 15) is 22.8 Å². The number of carbonyl (C=O) groups excluding carboxylic acids is 1. The first kappa shape index (κ1) is 23.4. The molecule has 5 rings (SSSR count). The minimum Gasteiger partial charge on any atom is -0.406 e. The van der Waals surface area contributed by atoms with Gasteiger partial charge in [-0.05, 0) is 59.7 Å². The summed E-state index contributed by atoms with van der Waals surface area (Å²) in [5, 5.41) is 4.18. The van der Waals surface area contributed by atoms with Crippen molar-refractivity contribution in [3.05, 3.63) is 100 Å². The summed E-state index contributed by atoms with van der Waals surface area (Å²) >= 11 is 0. The fourth-order valence-corrected chi connectivity index (χ4v) is 4.41. The molecular weight excluding hydrogens is 473 g/mol. The highest BCUT2D eigenvalue weighted by atomic mass is 19.4. The second kappa shape index (κ2) is 9.03. The van der Waals surface area contributed by atoms with Crippen LogP contribution in [0, 0.1) is 0 Å². The first-order valence-electron chi connectivity index (χ1n) is 11.2. The zero-order chi connectivity index (χ0) is 25.4. The second-order valence-electron chi connectivity index (χ2n) is 8.44. The number of carbonyl (C=O) groups is 1. The lowest BCUT2D eigenvalue weighted by Gasteiger charge is -2.30.